The monoisotopic (exact) mass is 145 g/mol. The zero-order chi connectivity index (χ0) is 7.28. The molecule has 0 radical (unpaired) electrons. The third kappa shape index (κ3) is 5.43. The normalized spacial score (nSPS) is 8.33. The summed E-state index contributed by atoms with van der Waals surface area (Å²) >= 11 is 1.28. The topological polar surface area (TPSA) is 33.1 Å². The number of ether oxygens (including phenoxy) is 1. The Morgan fingerprint density at radius 3 is 2.44 bits per heavy atom. The maximum Gasteiger partial charge on any atom is 0.246 e. The largest absolute Gasteiger partial charge is 0.476 e. The first-order chi connectivity index (χ1) is 4.16. The van der Waals surface area contributed by atoms with E-state index in [1.165, 1.54) is 24.4 Å². The Morgan fingerprint density at radius 2 is 2.11 bits per heavy atom. The van der Waals surface area contributed by atoms with E-state index in [1.54, 1.807) is 0 Å². The molecule has 0 aliphatic heterocycles. The average molecular weight is 145 g/mol. The maximum atomic E-state index is 7.03. The summed E-state index contributed by atoms with van der Waals surface area (Å²) in [6.07, 6.45) is 0. The number of nitrogens with one attached hydrogen (secondary N) is 1. The van der Waals surface area contributed by atoms with E-state index in [2.05, 4.69) is 4.74 Å². The molecule has 0 amide bonds. The third-order valence-corrected chi connectivity index (χ3v) is 1.56. The van der Waals surface area contributed by atoms with E-state index < -0.39 is 0 Å². The highest BCUT2D eigenvalue weighted by Gasteiger charge is 1.89. The van der Waals surface area contributed by atoms with Gasteiger partial charge in [0.1, 0.15) is 0 Å². The van der Waals surface area contributed by atoms with Crippen LogP contribution in [0.5, 0.6) is 0 Å². The van der Waals surface area contributed by atoms with Gasteiger partial charge in [0.25, 0.3) is 0 Å². The van der Waals surface area contributed by atoms with Crippen LogP contribution in [0.2, 0.25) is 0 Å². The molecule has 0 saturated heterocycles. The van der Waals surface area contributed by atoms with Crippen molar-refractivity contribution in [1.29, 1.82) is 5.41 Å². The number of hydrogen-bond acceptors (Lipinski definition) is 3. The van der Waals surface area contributed by atoms with Gasteiger partial charge in [-0.25, -0.2) is 0 Å². The minimum atomic E-state index is 0.233. The van der Waals surface area contributed by atoms with E-state index in [0.29, 0.717) is 0 Å². The van der Waals surface area contributed by atoms with Crippen LogP contribution in [0.4, 0.5) is 0 Å². The minimum absolute atomic E-state index is 0.233. The quantitative estimate of drug-likeness (QED) is 0.453. The first-order valence-corrected chi connectivity index (χ1v) is 3.47. The van der Waals surface area contributed by atoms with Gasteiger partial charge in [0.2, 0.25) is 5.23 Å². The fourth-order valence-electron chi connectivity index (χ4n) is 0.219. The van der Waals surface area contributed by atoms with Crippen LogP contribution in [-0.4, -0.2) is 12.3 Å². The predicted octanol–water partition coefficient (Wildman–Crippen LogP) is 2.22. The van der Waals surface area contributed by atoms with Gasteiger partial charge < -0.3 is 4.74 Å². The van der Waals surface area contributed by atoms with Crippen molar-refractivity contribution in [3.63, 3.8) is 0 Å². The van der Waals surface area contributed by atoms with Crippen LogP contribution < -0.4 is 0 Å². The maximum absolute atomic E-state index is 7.03. The smallest absolute Gasteiger partial charge is 0.246 e. The summed E-state index contributed by atoms with van der Waals surface area (Å²) < 4.78 is 4.60. The Balaban J connectivity index is 3.50. The minimum Gasteiger partial charge on any atom is -0.476 e. The van der Waals surface area contributed by atoms with Gasteiger partial charge in [-0.1, -0.05) is 5.57 Å². The van der Waals surface area contributed by atoms with E-state index in [-0.39, 0.29) is 5.23 Å². The second kappa shape index (κ2) is 4.44. The molecule has 0 aromatic carbocycles. The zero-order valence-corrected chi connectivity index (χ0v) is 6.71. The highest BCUT2D eigenvalue weighted by Crippen LogP contribution is 2.07. The fraction of sp³-hybridized carbons (Fsp3) is 0.500. The molecule has 0 spiro atoms. The van der Waals surface area contributed by atoms with Gasteiger partial charge in [-0.3, -0.25) is 5.41 Å². The molecule has 0 aliphatic carbocycles. The Labute approximate surface area is 59.8 Å². The summed E-state index contributed by atoms with van der Waals surface area (Å²) in [6.45, 7) is 3.96. The van der Waals surface area contributed by atoms with E-state index in [1.807, 2.05) is 19.3 Å². The average Bonchev–Trinajstić information content (AvgIpc) is 1.83. The number of methoxy groups -OCH3 is 1. The predicted molar refractivity (Wildman–Crippen MR) is 41.8 cm³/mol. The van der Waals surface area contributed by atoms with E-state index >= 15 is 0 Å². The van der Waals surface area contributed by atoms with Crippen molar-refractivity contribution in [2.45, 2.75) is 13.8 Å². The molecule has 3 heteroatoms. The van der Waals surface area contributed by atoms with Crippen LogP contribution in [0, 0.1) is 5.41 Å². The molecule has 0 unspecified atom stereocenters. The molecule has 0 aromatic heterocycles. The van der Waals surface area contributed by atoms with Crippen molar-refractivity contribution in [3.05, 3.63) is 11.0 Å². The standard InChI is InChI=1S/C6H11NOS/c1-5(2)4-9-6(7)8-3/h4,7H,1-3H3. The van der Waals surface area contributed by atoms with Gasteiger partial charge in [-0.05, 0) is 31.0 Å². The van der Waals surface area contributed by atoms with Crippen LogP contribution >= 0.6 is 11.8 Å². The summed E-state index contributed by atoms with van der Waals surface area (Å²) in [7, 11) is 1.49. The van der Waals surface area contributed by atoms with Crippen LogP contribution in [-0.2, 0) is 4.74 Å². The highest BCUT2D eigenvalue weighted by molar-refractivity contribution is 8.15. The Bertz CT molecular complexity index is 127. The Kier molecular flexibility index (Phi) is 4.22. The first kappa shape index (κ1) is 8.56. The van der Waals surface area contributed by atoms with Crippen LogP contribution in [0.3, 0.4) is 0 Å². The van der Waals surface area contributed by atoms with Gasteiger partial charge in [-0.15, -0.1) is 0 Å². The summed E-state index contributed by atoms with van der Waals surface area (Å²) in [5.74, 6) is 0. The molecule has 0 aliphatic rings. The lowest BCUT2D eigenvalue weighted by Gasteiger charge is -1.94. The molecule has 0 saturated carbocycles. The summed E-state index contributed by atoms with van der Waals surface area (Å²) in [4.78, 5) is 0. The Hall–Kier alpha value is -0.440. The number of allylic oxidation sites excluding steroid dienone is 1. The molecule has 0 bridgehead atoms. The molecule has 0 atom stereocenters. The zero-order valence-electron chi connectivity index (χ0n) is 5.89. The van der Waals surface area contributed by atoms with E-state index in [0.717, 1.165) is 0 Å². The molecule has 9 heavy (non-hydrogen) atoms. The van der Waals surface area contributed by atoms with Crippen LogP contribution in [0.15, 0.2) is 11.0 Å². The molecular weight excluding hydrogens is 134 g/mol. The van der Waals surface area contributed by atoms with Crippen molar-refractivity contribution >= 4 is 17.0 Å². The summed E-state index contributed by atoms with van der Waals surface area (Å²) in [5.41, 5.74) is 1.18. The van der Waals surface area contributed by atoms with E-state index in [4.69, 9.17) is 5.41 Å². The molecule has 0 heterocycles. The molecule has 2 nitrogen and oxygen atoms in total. The van der Waals surface area contributed by atoms with Gasteiger partial charge >= 0.3 is 0 Å². The van der Waals surface area contributed by atoms with Crippen molar-refractivity contribution < 1.29 is 4.74 Å². The second-order valence-corrected chi connectivity index (χ2v) is 2.65. The van der Waals surface area contributed by atoms with Gasteiger partial charge in [0.15, 0.2) is 0 Å². The van der Waals surface area contributed by atoms with E-state index in [9.17, 15) is 0 Å². The summed E-state index contributed by atoms with van der Waals surface area (Å²) in [6, 6.07) is 0. The molecule has 0 fully saturated rings. The molecule has 0 aromatic rings. The molecule has 52 valence electrons. The van der Waals surface area contributed by atoms with Gasteiger partial charge in [-0.2, -0.15) is 0 Å². The van der Waals surface area contributed by atoms with Crippen molar-refractivity contribution in [2.24, 2.45) is 0 Å². The summed E-state index contributed by atoms with van der Waals surface area (Å²) in [5, 5.41) is 9.14. The molecule has 0 rings (SSSR count). The van der Waals surface area contributed by atoms with Crippen molar-refractivity contribution in [1.82, 2.24) is 0 Å². The SMILES string of the molecule is COC(=N)SC=C(C)C. The molecular formula is C6H11NOS. The van der Waals surface area contributed by atoms with Crippen molar-refractivity contribution in [2.75, 3.05) is 7.11 Å². The number of thioether (sulfide) groups is 1. The fourth-order valence-corrected chi connectivity index (χ4v) is 0.658. The Morgan fingerprint density at radius 1 is 1.56 bits per heavy atom. The second-order valence-electron chi connectivity index (χ2n) is 1.80. The van der Waals surface area contributed by atoms with Gasteiger partial charge in [0.05, 0.1) is 7.11 Å². The lowest BCUT2D eigenvalue weighted by atomic mass is 10.4. The number of rotatable bonds is 1. The van der Waals surface area contributed by atoms with Crippen LogP contribution in [0.25, 0.3) is 0 Å². The van der Waals surface area contributed by atoms with Gasteiger partial charge in [0, 0.05) is 0 Å². The lowest BCUT2D eigenvalue weighted by Crippen LogP contribution is -1.88. The highest BCUT2D eigenvalue weighted by atomic mass is 32.2. The first-order valence-electron chi connectivity index (χ1n) is 2.59. The lowest BCUT2D eigenvalue weighted by molar-refractivity contribution is 0.413. The number of hydrogen-bond donors (Lipinski definition) is 1. The third-order valence-electron chi connectivity index (χ3n) is 0.587. The van der Waals surface area contributed by atoms with Crippen molar-refractivity contribution in [3.8, 4) is 0 Å². The molecule has 1 N–H and O–H groups in total. The van der Waals surface area contributed by atoms with Crippen LogP contribution in [0.1, 0.15) is 13.8 Å².